The van der Waals surface area contributed by atoms with Gasteiger partial charge < -0.3 is 10.4 Å². The Labute approximate surface area is 233 Å². The zero-order valence-corrected chi connectivity index (χ0v) is 22.8. The molecule has 0 fully saturated rings. The molecule has 0 bridgehead atoms. The standard InChI is InChI=1S/C17H17Cl2N.C15H13FO2/c1-20-17-9-7-12(13-4-2-3-5-14(13)17)11-6-8-15(18)16(19)10-11;1-10(15(17)18)12-7-8-13(14(16)9-12)11-5-3-2-4-6-11/h2-6,8,10,12,17,20H,7,9H2,1H3;2-10H,1H3,(H,17,18)/t12-,17-;/m1./s1. The molecule has 0 radical (unpaired) electrons. The topological polar surface area (TPSA) is 49.3 Å². The van der Waals surface area contributed by atoms with Gasteiger partial charge in [0.1, 0.15) is 5.82 Å². The van der Waals surface area contributed by atoms with Gasteiger partial charge in [0.2, 0.25) is 0 Å². The van der Waals surface area contributed by atoms with Gasteiger partial charge in [0.25, 0.3) is 0 Å². The van der Waals surface area contributed by atoms with Gasteiger partial charge in [0.15, 0.2) is 0 Å². The van der Waals surface area contributed by atoms with Gasteiger partial charge in [-0.2, -0.15) is 0 Å². The van der Waals surface area contributed by atoms with Crippen LogP contribution in [0.4, 0.5) is 4.39 Å². The Kier molecular flexibility index (Phi) is 9.22. The largest absolute Gasteiger partial charge is 0.481 e. The van der Waals surface area contributed by atoms with E-state index in [1.807, 2.05) is 49.5 Å². The van der Waals surface area contributed by atoms with Gasteiger partial charge in [-0.15, -0.1) is 0 Å². The minimum Gasteiger partial charge on any atom is -0.481 e. The first kappa shape index (κ1) is 27.8. The molecular formula is C32H30Cl2FNO2. The summed E-state index contributed by atoms with van der Waals surface area (Å²) < 4.78 is 14.0. The fourth-order valence-electron chi connectivity index (χ4n) is 4.96. The Bertz CT molecular complexity index is 1410. The summed E-state index contributed by atoms with van der Waals surface area (Å²) in [6.45, 7) is 1.54. The molecule has 1 aliphatic carbocycles. The number of hydrogen-bond acceptors (Lipinski definition) is 2. The third-order valence-corrected chi connectivity index (χ3v) is 7.87. The summed E-state index contributed by atoms with van der Waals surface area (Å²) in [5.74, 6) is -1.65. The van der Waals surface area contributed by atoms with Gasteiger partial charge in [-0.1, -0.05) is 96.0 Å². The summed E-state index contributed by atoms with van der Waals surface area (Å²) >= 11 is 12.2. The molecule has 5 rings (SSSR count). The van der Waals surface area contributed by atoms with Crippen LogP contribution in [0.15, 0.2) is 91.0 Å². The first-order chi connectivity index (χ1) is 18.3. The van der Waals surface area contributed by atoms with Crippen molar-refractivity contribution in [2.24, 2.45) is 0 Å². The molecule has 6 heteroatoms. The van der Waals surface area contributed by atoms with E-state index in [1.165, 1.54) is 22.8 Å². The van der Waals surface area contributed by atoms with Crippen molar-refractivity contribution in [3.05, 3.63) is 129 Å². The fraction of sp³-hybridized carbons (Fsp3) is 0.219. The van der Waals surface area contributed by atoms with Crippen molar-refractivity contribution in [3.8, 4) is 11.1 Å². The molecule has 3 nitrogen and oxygen atoms in total. The molecule has 1 aliphatic rings. The van der Waals surface area contributed by atoms with Gasteiger partial charge in [-0.3, -0.25) is 4.79 Å². The molecule has 0 saturated carbocycles. The van der Waals surface area contributed by atoms with E-state index >= 15 is 0 Å². The lowest BCUT2D eigenvalue weighted by Gasteiger charge is -2.32. The summed E-state index contributed by atoms with van der Waals surface area (Å²) in [4.78, 5) is 10.8. The number of aliphatic carboxylic acids is 1. The molecule has 2 N–H and O–H groups in total. The van der Waals surface area contributed by atoms with Crippen LogP contribution >= 0.6 is 23.2 Å². The van der Waals surface area contributed by atoms with Crippen molar-refractivity contribution in [2.75, 3.05) is 7.05 Å². The third-order valence-electron chi connectivity index (χ3n) is 7.13. The zero-order valence-electron chi connectivity index (χ0n) is 21.3. The van der Waals surface area contributed by atoms with Gasteiger partial charge >= 0.3 is 5.97 Å². The minimum absolute atomic E-state index is 0.396. The Morgan fingerprint density at radius 3 is 2.21 bits per heavy atom. The Morgan fingerprint density at radius 2 is 1.58 bits per heavy atom. The van der Waals surface area contributed by atoms with Crippen LogP contribution in [0, 0.1) is 5.82 Å². The zero-order chi connectivity index (χ0) is 27.2. The molecule has 0 aliphatic heterocycles. The van der Waals surface area contributed by atoms with Gasteiger partial charge in [0.05, 0.1) is 16.0 Å². The van der Waals surface area contributed by atoms with E-state index < -0.39 is 17.7 Å². The maximum atomic E-state index is 14.0. The van der Waals surface area contributed by atoms with E-state index in [9.17, 15) is 9.18 Å². The van der Waals surface area contributed by atoms with Crippen molar-refractivity contribution in [2.45, 2.75) is 37.6 Å². The number of carboxylic acids is 1. The maximum absolute atomic E-state index is 14.0. The summed E-state index contributed by atoms with van der Waals surface area (Å²) in [6.07, 6.45) is 2.26. The van der Waals surface area contributed by atoms with E-state index in [0.29, 0.717) is 33.1 Å². The predicted molar refractivity (Wildman–Crippen MR) is 154 cm³/mol. The lowest BCUT2D eigenvalue weighted by molar-refractivity contribution is -0.138. The summed E-state index contributed by atoms with van der Waals surface area (Å²) in [7, 11) is 2.03. The molecule has 4 aromatic rings. The normalized spacial score (nSPS) is 17.1. The highest BCUT2D eigenvalue weighted by Gasteiger charge is 2.27. The molecule has 0 saturated heterocycles. The predicted octanol–water partition coefficient (Wildman–Crippen LogP) is 8.86. The highest BCUT2D eigenvalue weighted by molar-refractivity contribution is 6.42. The second-order valence-electron chi connectivity index (χ2n) is 9.44. The number of carboxylic acid groups (broad SMARTS) is 1. The first-order valence-electron chi connectivity index (χ1n) is 12.6. The molecule has 0 heterocycles. The number of benzene rings is 4. The van der Waals surface area contributed by atoms with Crippen LogP contribution < -0.4 is 5.32 Å². The molecule has 0 spiro atoms. The quantitative estimate of drug-likeness (QED) is 0.261. The second-order valence-corrected chi connectivity index (χ2v) is 10.3. The Morgan fingerprint density at radius 1 is 0.895 bits per heavy atom. The average Bonchev–Trinajstić information content (AvgIpc) is 2.94. The monoisotopic (exact) mass is 549 g/mol. The van der Waals surface area contributed by atoms with Crippen LogP contribution in [0.3, 0.4) is 0 Å². The Balaban J connectivity index is 0.000000178. The van der Waals surface area contributed by atoms with Crippen LogP contribution in [-0.2, 0) is 4.79 Å². The number of fused-ring (bicyclic) bond motifs is 1. The van der Waals surface area contributed by atoms with Crippen molar-refractivity contribution < 1.29 is 14.3 Å². The molecule has 196 valence electrons. The number of carbonyl (C=O) groups is 1. The van der Waals surface area contributed by atoms with Crippen molar-refractivity contribution in [3.63, 3.8) is 0 Å². The molecule has 0 amide bonds. The van der Waals surface area contributed by atoms with Gasteiger partial charge in [-0.25, -0.2) is 4.39 Å². The number of halogens is 3. The summed E-state index contributed by atoms with van der Waals surface area (Å²) in [5, 5.41) is 13.6. The molecule has 0 aromatic heterocycles. The summed E-state index contributed by atoms with van der Waals surface area (Å²) in [6, 6.07) is 28.9. The van der Waals surface area contributed by atoms with Crippen LogP contribution in [0.2, 0.25) is 10.0 Å². The lowest BCUT2D eigenvalue weighted by atomic mass is 9.77. The van der Waals surface area contributed by atoms with E-state index in [0.717, 1.165) is 18.4 Å². The van der Waals surface area contributed by atoms with Crippen molar-refractivity contribution in [1.82, 2.24) is 5.32 Å². The molecule has 3 atom stereocenters. The number of nitrogens with one attached hydrogen (secondary N) is 1. The molecular weight excluding hydrogens is 520 g/mol. The maximum Gasteiger partial charge on any atom is 0.310 e. The van der Waals surface area contributed by atoms with E-state index in [-0.39, 0.29) is 0 Å². The SMILES string of the molecule is CC(C(=O)O)c1ccc(-c2ccccc2)c(F)c1.CN[C@@H]1CC[C@H](c2ccc(Cl)c(Cl)c2)c2ccccc21. The summed E-state index contributed by atoms with van der Waals surface area (Å²) in [5.41, 5.74) is 5.79. The Hall–Kier alpha value is -3.18. The first-order valence-corrected chi connectivity index (χ1v) is 13.3. The fourth-order valence-corrected chi connectivity index (χ4v) is 5.27. The van der Waals surface area contributed by atoms with Crippen molar-refractivity contribution >= 4 is 29.2 Å². The van der Waals surface area contributed by atoms with Crippen molar-refractivity contribution in [1.29, 1.82) is 0 Å². The second kappa shape index (κ2) is 12.6. The van der Waals surface area contributed by atoms with Crippen LogP contribution in [-0.4, -0.2) is 18.1 Å². The lowest BCUT2D eigenvalue weighted by Crippen LogP contribution is -2.24. The van der Waals surface area contributed by atoms with Crippen LogP contribution in [0.25, 0.3) is 11.1 Å². The molecule has 1 unspecified atom stereocenters. The number of hydrogen-bond donors (Lipinski definition) is 2. The highest BCUT2D eigenvalue weighted by atomic mass is 35.5. The smallest absolute Gasteiger partial charge is 0.310 e. The molecule has 38 heavy (non-hydrogen) atoms. The average molecular weight is 551 g/mol. The highest BCUT2D eigenvalue weighted by Crippen LogP contribution is 2.42. The van der Waals surface area contributed by atoms with Gasteiger partial charge in [0, 0.05) is 17.5 Å². The minimum atomic E-state index is -0.957. The van der Waals surface area contributed by atoms with E-state index in [1.54, 1.807) is 19.1 Å². The third kappa shape index (κ3) is 6.27. The van der Waals surface area contributed by atoms with Gasteiger partial charge in [-0.05, 0) is 72.8 Å². The molecule has 4 aromatic carbocycles. The van der Waals surface area contributed by atoms with Crippen LogP contribution in [0.1, 0.15) is 59.9 Å². The number of rotatable bonds is 5. The van der Waals surface area contributed by atoms with E-state index in [2.05, 4.69) is 35.6 Å². The van der Waals surface area contributed by atoms with Crippen LogP contribution in [0.5, 0.6) is 0 Å². The van der Waals surface area contributed by atoms with E-state index in [4.69, 9.17) is 28.3 Å².